The van der Waals surface area contributed by atoms with Gasteiger partial charge in [-0.1, -0.05) is 53.9 Å². The van der Waals surface area contributed by atoms with E-state index in [0.717, 1.165) is 54.3 Å². The summed E-state index contributed by atoms with van der Waals surface area (Å²) in [7, 11) is 0. The van der Waals surface area contributed by atoms with E-state index in [4.69, 9.17) is 4.74 Å². The summed E-state index contributed by atoms with van der Waals surface area (Å²) in [6.45, 7) is 12.3. The summed E-state index contributed by atoms with van der Waals surface area (Å²) >= 11 is 0. The lowest BCUT2D eigenvalue weighted by atomic mass is 9.44. The number of aliphatic hydroxyl groups excluding tert-OH is 2. The van der Waals surface area contributed by atoms with E-state index >= 15 is 0 Å². The molecule has 0 aliphatic heterocycles. The molecule has 4 saturated carbocycles. The van der Waals surface area contributed by atoms with Gasteiger partial charge < -0.3 is 14.9 Å². The van der Waals surface area contributed by atoms with E-state index in [2.05, 4.69) is 34.6 Å². The van der Waals surface area contributed by atoms with E-state index in [-0.39, 0.29) is 12.7 Å². The predicted molar refractivity (Wildman–Crippen MR) is 131 cm³/mol. The fourth-order valence-corrected chi connectivity index (χ4v) is 9.63. The first-order valence-electron chi connectivity index (χ1n) is 14.1. The summed E-state index contributed by atoms with van der Waals surface area (Å²) in [5.41, 5.74) is 1.03. The quantitative estimate of drug-likeness (QED) is 0.401. The van der Waals surface area contributed by atoms with E-state index in [9.17, 15) is 10.2 Å². The van der Waals surface area contributed by atoms with Gasteiger partial charge in [-0.25, -0.2) is 0 Å². The molecule has 0 aromatic heterocycles. The topological polar surface area (TPSA) is 49.7 Å². The van der Waals surface area contributed by atoms with Crippen LogP contribution in [0.25, 0.3) is 0 Å². The van der Waals surface area contributed by atoms with Crippen LogP contribution in [0, 0.1) is 52.3 Å². The second-order valence-corrected chi connectivity index (χ2v) is 13.4. The Labute approximate surface area is 198 Å². The highest BCUT2D eigenvalue weighted by molar-refractivity contribution is 5.09. The van der Waals surface area contributed by atoms with E-state index in [1.165, 1.54) is 64.2 Å². The van der Waals surface area contributed by atoms with Crippen molar-refractivity contribution in [1.82, 2.24) is 0 Å². The van der Waals surface area contributed by atoms with E-state index in [1.54, 1.807) is 0 Å². The normalized spacial score (nSPS) is 45.8. The Morgan fingerprint density at radius 3 is 2.31 bits per heavy atom. The van der Waals surface area contributed by atoms with Crippen molar-refractivity contribution in [3.63, 3.8) is 0 Å². The van der Waals surface area contributed by atoms with Crippen LogP contribution in [0.3, 0.4) is 0 Å². The lowest BCUT2D eigenvalue weighted by molar-refractivity contribution is -0.191. The van der Waals surface area contributed by atoms with Crippen molar-refractivity contribution < 1.29 is 14.9 Å². The highest BCUT2D eigenvalue weighted by Gasteiger charge is 2.60. The molecular weight excluding hydrogens is 396 g/mol. The predicted octanol–water partition coefficient (Wildman–Crippen LogP) is 6.80. The number of rotatable bonds is 8. The number of fused-ring (bicyclic) bond motifs is 5. The molecule has 1 unspecified atom stereocenters. The fraction of sp³-hybridized carbons (Fsp3) is 1.00. The van der Waals surface area contributed by atoms with Gasteiger partial charge in [0, 0.05) is 0 Å². The molecule has 0 aromatic carbocycles. The lowest BCUT2D eigenvalue weighted by Gasteiger charge is -2.61. The van der Waals surface area contributed by atoms with Gasteiger partial charge in [0.05, 0.1) is 12.7 Å². The highest BCUT2D eigenvalue weighted by Crippen LogP contribution is 2.68. The minimum atomic E-state index is -1.01. The molecule has 0 spiro atoms. The van der Waals surface area contributed by atoms with Crippen LogP contribution in [0.4, 0.5) is 0 Å². The zero-order valence-corrected chi connectivity index (χ0v) is 21.7. The van der Waals surface area contributed by atoms with Crippen molar-refractivity contribution >= 4 is 0 Å². The maximum absolute atomic E-state index is 9.77. The largest absolute Gasteiger partial charge is 0.391 e. The average molecular weight is 449 g/mol. The molecule has 0 saturated heterocycles. The summed E-state index contributed by atoms with van der Waals surface area (Å²) in [5, 5.41) is 18.9. The van der Waals surface area contributed by atoms with Crippen LogP contribution in [0.15, 0.2) is 0 Å². The molecule has 186 valence electrons. The van der Waals surface area contributed by atoms with Gasteiger partial charge >= 0.3 is 0 Å². The van der Waals surface area contributed by atoms with Gasteiger partial charge in [-0.05, 0) is 110 Å². The van der Waals surface area contributed by atoms with Crippen molar-refractivity contribution in [1.29, 1.82) is 0 Å². The molecular formula is C29H52O3. The van der Waals surface area contributed by atoms with Gasteiger partial charge in [-0.3, -0.25) is 0 Å². The molecule has 4 aliphatic rings. The van der Waals surface area contributed by atoms with Gasteiger partial charge in [-0.2, -0.15) is 0 Å². The number of aliphatic hydroxyl groups is 2. The molecule has 2 N–H and O–H groups in total. The molecule has 10 atom stereocenters. The summed E-state index contributed by atoms with van der Waals surface area (Å²) in [6.07, 6.45) is 15.3. The monoisotopic (exact) mass is 448 g/mol. The van der Waals surface area contributed by atoms with E-state index < -0.39 is 6.29 Å². The summed E-state index contributed by atoms with van der Waals surface area (Å²) in [4.78, 5) is 0. The van der Waals surface area contributed by atoms with Crippen LogP contribution in [0.1, 0.15) is 112 Å². The molecule has 0 heterocycles. The van der Waals surface area contributed by atoms with Gasteiger partial charge in [0.2, 0.25) is 0 Å². The Kier molecular flexibility index (Phi) is 7.70. The maximum atomic E-state index is 9.77. The van der Waals surface area contributed by atoms with Crippen LogP contribution in [-0.4, -0.2) is 29.2 Å². The third-order valence-electron chi connectivity index (χ3n) is 11.3. The summed E-state index contributed by atoms with van der Waals surface area (Å²) in [5.74, 6) is 6.16. The number of hydrogen-bond donors (Lipinski definition) is 2. The Hall–Kier alpha value is -0.120. The first-order valence-corrected chi connectivity index (χ1v) is 14.1. The minimum absolute atomic E-state index is 0.128. The third-order valence-corrected chi connectivity index (χ3v) is 11.3. The first kappa shape index (κ1) is 25.0. The Bertz CT molecular complexity index is 620. The second kappa shape index (κ2) is 9.86. The molecule has 0 aromatic rings. The molecule has 0 amide bonds. The van der Waals surface area contributed by atoms with Gasteiger partial charge in [-0.15, -0.1) is 0 Å². The van der Waals surface area contributed by atoms with E-state index in [0.29, 0.717) is 10.8 Å². The molecule has 4 fully saturated rings. The molecule has 0 bridgehead atoms. The lowest BCUT2D eigenvalue weighted by Crippen LogP contribution is -2.54. The van der Waals surface area contributed by atoms with Crippen LogP contribution >= 0.6 is 0 Å². The van der Waals surface area contributed by atoms with Crippen molar-refractivity contribution in [2.24, 2.45) is 52.3 Å². The van der Waals surface area contributed by atoms with Gasteiger partial charge in [0.25, 0.3) is 0 Å². The summed E-state index contributed by atoms with van der Waals surface area (Å²) < 4.78 is 5.75. The third kappa shape index (κ3) is 4.57. The Morgan fingerprint density at radius 1 is 0.875 bits per heavy atom. The van der Waals surface area contributed by atoms with Crippen molar-refractivity contribution in [3.05, 3.63) is 0 Å². The summed E-state index contributed by atoms with van der Waals surface area (Å²) in [6, 6.07) is 0. The number of ether oxygens (including phenoxy) is 1. The molecule has 3 heteroatoms. The van der Waals surface area contributed by atoms with Gasteiger partial charge in [0.15, 0.2) is 6.29 Å². The molecule has 32 heavy (non-hydrogen) atoms. The molecule has 4 rings (SSSR count). The highest BCUT2D eigenvalue weighted by atomic mass is 16.6. The van der Waals surface area contributed by atoms with Gasteiger partial charge in [0.1, 0.15) is 0 Å². The first-order chi connectivity index (χ1) is 15.2. The molecule has 3 nitrogen and oxygen atoms in total. The van der Waals surface area contributed by atoms with E-state index in [1.807, 2.05) is 0 Å². The fourth-order valence-electron chi connectivity index (χ4n) is 9.63. The maximum Gasteiger partial charge on any atom is 0.178 e. The Morgan fingerprint density at radius 2 is 1.59 bits per heavy atom. The van der Waals surface area contributed by atoms with Crippen LogP contribution in [0.5, 0.6) is 0 Å². The SMILES string of the molecule is CC(C)CCC[C@@H](C)[C@H]1CC[C@H]2[C@@H]3CC[C@H]4C[C@@H](OC(O)CO)CC[C@]4(C)[C@H]3CC[C@]12C. The molecule has 0 radical (unpaired) electrons. The smallest absolute Gasteiger partial charge is 0.178 e. The van der Waals surface area contributed by atoms with Crippen LogP contribution < -0.4 is 0 Å². The van der Waals surface area contributed by atoms with Crippen molar-refractivity contribution in [2.75, 3.05) is 6.61 Å². The minimum Gasteiger partial charge on any atom is -0.391 e. The molecule has 4 aliphatic carbocycles. The Balaban J connectivity index is 1.41. The standard InChI is InChI=1S/C29H52O3/c1-19(2)7-6-8-20(3)24-11-12-25-23-10-9-21-17-22(32-27(31)18-30)13-15-28(21,4)26(23)14-16-29(24,25)5/h19-27,30-31H,6-18H2,1-5H3/t20-,21+,22+,23+,24-,25+,26+,27?,28+,29-/m1/s1. The van der Waals surface area contributed by atoms with Crippen LogP contribution in [-0.2, 0) is 4.74 Å². The van der Waals surface area contributed by atoms with Crippen molar-refractivity contribution in [2.45, 2.75) is 124 Å². The zero-order chi connectivity index (χ0) is 23.1. The number of hydrogen-bond acceptors (Lipinski definition) is 3. The second-order valence-electron chi connectivity index (χ2n) is 13.4. The average Bonchev–Trinajstić information content (AvgIpc) is 3.11. The zero-order valence-electron chi connectivity index (χ0n) is 21.7. The van der Waals surface area contributed by atoms with Crippen LogP contribution in [0.2, 0.25) is 0 Å². The van der Waals surface area contributed by atoms with Crippen molar-refractivity contribution in [3.8, 4) is 0 Å².